The van der Waals surface area contributed by atoms with Crippen LogP contribution in [0, 0.1) is 0 Å². The number of carbonyl (C=O) groups excluding carboxylic acids is 1. The number of aliphatic hydroxyl groups is 1. The van der Waals surface area contributed by atoms with Crippen molar-refractivity contribution in [1.29, 1.82) is 0 Å². The van der Waals surface area contributed by atoms with Crippen molar-refractivity contribution in [1.82, 2.24) is 9.47 Å². The third-order valence-corrected chi connectivity index (χ3v) is 6.20. The summed E-state index contributed by atoms with van der Waals surface area (Å²) in [6.07, 6.45) is 0.503. The van der Waals surface area contributed by atoms with Crippen LogP contribution in [0.4, 0.5) is 28.6 Å². The second kappa shape index (κ2) is 7.97. The molecule has 0 radical (unpaired) electrons. The lowest BCUT2D eigenvalue weighted by molar-refractivity contribution is 0.00267. The predicted octanol–water partition coefficient (Wildman–Crippen LogP) is 3.23. The Labute approximate surface area is 192 Å². The SMILES string of the molecule is CN(C)c1ccc(Nc2cc(=O)n(C)c3c2C(=O)N(C2CC2)C(O)N3c2ccccc2)cc1. The van der Waals surface area contributed by atoms with E-state index in [-0.39, 0.29) is 17.5 Å². The fraction of sp³-hybridized carbons (Fsp3) is 0.280. The third kappa shape index (κ3) is 3.62. The minimum atomic E-state index is -1.19. The summed E-state index contributed by atoms with van der Waals surface area (Å²) < 4.78 is 1.42. The van der Waals surface area contributed by atoms with Crippen molar-refractivity contribution in [3.63, 3.8) is 0 Å². The molecule has 1 aliphatic carbocycles. The van der Waals surface area contributed by atoms with Gasteiger partial charge in [-0.25, -0.2) is 0 Å². The normalized spacial score (nSPS) is 17.7. The summed E-state index contributed by atoms with van der Waals surface area (Å²) in [7, 11) is 5.56. The molecule has 2 heterocycles. The number of hydrogen-bond donors (Lipinski definition) is 2. The molecule has 8 nitrogen and oxygen atoms in total. The molecule has 5 rings (SSSR count). The lowest BCUT2D eigenvalue weighted by atomic mass is 10.1. The van der Waals surface area contributed by atoms with Gasteiger partial charge in [-0.05, 0) is 49.2 Å². The topological polar surface area (TPSA) is 81.0 Å². The number of carbonyl (C=O) groups is 1. The smallest absolute Gasteiger partial charge is 0.263 e. The van der Waals surface area contributed by atoms with Gasteiger partial charge in [-0.2, -0.15) is 0 Å². The number of amides is 1. The van der Waals surface area contributed by atoms with Crippen LogP contribution < -0.4 is 20.7 Å². The Kier molecular flexibility index (Phi) is 5.09. The number of aromatic nitrogens is 1. The molecule has 1 atom stereocenters. The molecule has 0 spiro atoms. The van der Waals surface area contributed by atoms with Crippen molar-refractivity contribution >= 4 is 34.5 Å². The van der Waals surface area contributed by atoms with Crippen molar-refractivity contribution < 1.29 is 9.90 Å². The summed E-state index contributed by atoms with van der Waals surface area (Å²) in [5, 5.41) is 14.6. The van der Waals surface area contributed by atoms with Gasteiger partial charge < -0.3 is 15.3 Å². The summed E-state index contributed by atoms with van der Waals surface area (Å²) >= 11 is 0. The molecule has 33 heavy (non-hydrogen) atoms. The fourth-order valence-corrected chi connectivity index (χ4v) is 4.29. The van der Waals surface area contributed by atoms with Crippen LogP contribution in [0.3, 0.4) is 0 Å². The number of nitrogens with one attached hydrogen (secondary N) is 1. The molecule has 170 valence electrons. The lowest BCUT2D eigenvalue weighted by Crippen LogP contribution is -2.56. The minimum absolute atomic E-state index is 0.0173. The first-order chi connectivity index (χ1) is 15.9. The maximum Gasteiger partial charge on any atom is 0.263 e. The van der Waals surface area contributed by atoms with Gasteiger partial charge in [0.05, 0.1) is 5.69 Å². The van der Waals surface area contributed by atoms with Crippen LogP contribution in [-0.2, 0) is 7.05 Å². The number of pyridine rings is 1. The van der Waals surface area contributed by atoms with Crippen molar-refractivity contribution in [2.45, 2.75) is 25.2 Å². The number of benzene rings is 2. The summed E-state index contributed by atoms with van der Waals surface area (Å²) in [5.41, 5.74) is 3.03. The molecule has 3 aromatic rings. The van der Waals surface area contributed by atoms with Gasteiger partial charge >= 0.3 is 0 Å². The summed E-state index contributed by atoms with van der Waals surface area (Å²) in [6, 6.07) is 18.5. The number of anilines is 5. The van der Waals surface area contributed by atoms with Crippen molar-refractivity contribution in [2.75, 3.05) is 29.2 Å². The standard InChI is InChI=1S/C25H27N5O3/c1-27(2)17-11-9-16(10-12-17)26-20-15-21(31)28(3)23-22(20)24(32)30(19-13-14-19)25(33)29(23)18-7-5-4-6-8-18/h4-12,15,19,25-26,33H,13-14H2,1-3H3. The predicted molar refractivity (Wildman–Crippen MR) is 130 cm³/mol. The summed E-state index contributed by atoms with van der Waals surface area (Å²) in [6.45, 7) is 0. The average molecular weight is 446 g/mol. The number of nitrogens with zero attached hydrogens (tertiary/aromatic N) is 4. The van der Waals surface area contributed by atoms with E-state index in [0.29, 0.717) is 22.8 Å². The van der Waals surface area contributed by atoms with Gasteiger partial charge in [-0.3, -0.25) is 24.0 Å². The Balaban J connectivity index is 1.67. The Morgan fingerprint density at radius 2 is 1.67 bits per heavy atom. The number of para-hydroxylation sites is 1. The van der Waals surface area contributed by atoms with Crippen LogP contribution in [0.5, 0.6) is 0 Å². The monoisotopic (exact) mass is 445 g/mol. The molecule has 2 N–H and O–H groups in total. The van der Waals surface area contributed by atoms with Gasteiger partial charge in [-0.15, -0.1) is 0 Å². The number of rotatable bonds is 5. The van der Waals surface area contributed by atoms with E-state index < -0.39 is 6.35 Å². The first kappa shape index (κ1) is 21.1. The Bertz CT molecular complexity index is 1250. The zero-order chi connectivity index (χ0) is 23.3. The molecule has 1 aromatic heterocycles. The van der Waals surface area contributed by atoms with Gasteiger partial charge in [0.1, 0.15) is 11.4 Å². The number of aliphatic hydroxyl groups excluding tert-OH is 1. The quantitative estimate of drug-likeness (QED) is 0.628. The minimum Gasteiger partial charge on any atom is -0.378 e. The molecule has 1 saturated carbocycles. The average Bonchev–Trinajstić information content (AvgIpc) is 3.63. The maximum atomic E-state index is 13.7. The highest BCUT2D eigenvalue weighted by molar-refractivity contribution is 6.07. The molecule has 2 aliphatic rings. The molecule has 1 fully saturated rings. The molecular weight excluding hydrogens is 418 g/mol. The van der Waals surface area contributed by atoms with Crippen molar-refractivity contribution in [2.24, 2.45) is 7.05 Å². The Morgan fingerprint density at radius 3 is 2.27 bits per heavy atom. The largest absolute Gasteiger partial charge is 0.378 e. The van der Waals surface area contributed by atoms with Gasteiger partial charge in [0, 0.05) is 50.3 Å². The molecular formula is C25H27N5O3. The maximum absolute atomic E-state index is 13.7. The van der Waals surface area contributed by atoms with E-state index in [1.54, 1.807) is 11.9 Å². The lowest BCUT2D eigenvalue weighted by Gasteiger charge is -2.43. The van der Waals surface area contributed by atoms with Crippen LogP contribution in [-0.4, -0.2) is 47.0 Å². The van der Waals surface area contributed by atoms with Gasteiger partial charge in [0.2, 0.25) is 6.35 Å². The van der Waals surface area contributed by atoms with E-state index in [1.165, 1.54) is 15.5 Å². The molecule has 8 heteroatoms. The molecule has 1 unspecified atom stereocenters. The fourth-order valence-electron chi connectivity index (χ4n) is 4.29. The zero-order valence-corrected chi connectivity index (χ0v) is 18.9. The second-order valence-corrected chi connectivity index (χ2v) is 8.72. The van der Waals surface area contributed by atoms with Crippen LogP contribution in [0.25, 0.3) is 0 Å². The summed E-state index contributed by atoms with van der Waals surface area (Å²) in [5.74, 6) is 0.0886. The third-order valence-electron chi connectivity index (χ3n) is 6.20. The second-order valence-electron chi connectivity index (χ2n) is 8.72. The van der Waals surface area contributed by atoms with E-state index in [0.717, 1.165) is 24.2 Å². The van der Waals surface area contributed by atoms with Crippen LogP contribution >= 0.6 is 0 Å². The highest BCUT2D eigenvalue weighted by Gasteiger charge is 2.47. The highest BCUT2D eigenvalue weighted by atomic mass is 16.3. The van der Waals surface area contributed by atoms with Crippen LogP contribution in [0.15, 0.2) is 65.5 Å². The Morgan fingerprint density at radius 1 is 1.00 bits per heavy atom. The molecule has 0 bridgehead atoms. The van der Waals surface area contributed by atoms with E-state index >= 15 is 0 Å². The highest BCUT2D eigenvalue weighted by Crippen LogP contribution is 2.43. The summed E-state index contributed by atoms with van der Waals surface area (Å²) in [4.78, 5) is 31.8. The zero-order valence-electron chi connectivity index (χ0n) is 18.9. The van der Waals surface area contributed by atoms with E-state index in [9.17, 15) is 14.7 Å². The molecule has 2 aromatic carbocycles. The van der Waals surface area contributed by atoms with Crippen LogP contribution in [0.2, 0.25) is 0 Å². The van der Waals surface area contributed by atoms with E-state index in [2.05, 4.69) is 5.32 Å². The molecule has 0 saturated heterocycles. The first-order valence-corrected chi connectivity index (χ1v) is 11.0. The number of fused-ring (bicyclic) bond motifs is 1. The van der Waals surface area contributed by atoms with Gasteiger partial charge in [-0.1, -0.05) is 18.2 Å². The molecule has 1 amide bonds. The van der Waals surface area contributed by atoms with E-state index in [4.69, 9.17) is 0 Å². The van der Waals surface area contributed by atoms with Gasteiger partial charge in [0.25, 0.3) is 11.5 Å². The van der Waals surface area contributed by atoms with Gasteiger partial charge in [0.15, 0.2) is 0 Å². The first-order valence-electron chi connectivity index (χ1n) is 11.0. The number of hydrogen-bond acceptors (Lipinski definition) is 6. The van der Waals surface area contributed by atoms with E-state index in [1.807, 2.05) is 73.6 Å². The van der Waals surface area contributed by atoms with Crippen molar-refractivity contribution in [3.05, 3.63) is 76.6 Å². The van der Waals surface area contributed by atoms with Crippen LogP contribution in [0.1, 0.15) is 23.2 Å². The Hall–Kier alpha value is -3.78. The molecule has 1 aliphatic heterocycles. The van der Waals surface area contributed by atoms with Crippen molar-refractivity contribution in [3.8, 4) is 0 Å².